The summed E-state index contributed by atoms with van der Waals surface area (Å²) in [5.74, 6) is 0.516. The minimum atomic E-state index is -0.285. The molecule has 2 aromatic carbocycles. The highest BCUT2D eigenvalue weighted by molar-refractivity contribution is 5.63. The number of halogens is 1. The molecule has 2 heterocycles. The molecule has 0 spiro atoms. The van der Waals surface area contributed by atoms with Crippen LogP contribution in [0.2, 0.25) is 0 Å². The van der Waals surface area contributed by atoms with E-state index in [2.05, 4.69) is 15.0 Å². The largest absolute Gasteiger partial charge is 0.378 e. The molecule has 0 unspecified atom stereocenters. The molecule has 0 atom stereocenters. The first-order chi connectivity index (χ1) is 12.2. The number of morpholine rings is 1. The zero-order valence-corrected chi connectivity index (χ0v) is 13.9. The van der Waals surface area contributed by atoms with Crippen molar-refractivity contribution in [1.29, 1.82) is 0 Å². The molecule has 1 saturated heterocycles. The fourth-order valence-corrected chi connectivity index (χ4v) is 2.83. The summed E-state index contributed by atoms with van der Waals surface area (Å²) in [7, 11) is 0. The van der Waals surface area contributed by atoms with Crippen molar-refractivity contribution < 1.29 is 13.7 Å². The Labute approximate surface area is 145 Å². The van der Waals surface area contributed by atoms with Gasteiger partial charge < -0.3 is 14.2 Å². The Morgan fingerprint density at radius 2 is 1.72 bits per heavy atom. The van der Waals surface area contributed by atoms with Crippen LogP contribution in [0.3, 0.4) is 0 Å². The summed E-state index contributed by atoms with van der Waals surface area (Å²) in [5, 5.41) is 4.01. The number of ether oxygens (including phenoxy) is 1. The second kappa shape index (κ2) is 6.64. The average molecular weight is 339 g/mol. The van der Waals surface area contributed by atoms with Gasteiger partial charge in [-0.1, -0.05) is 11.2 Å². The smallest absolute Gasteiger partial charge is 0.258 e. The summed E-state index contributed by atoms with van der Waals surface area (Å²) in [6.45, 7) is 5.01. The standard InChI is InChI=1S/C19H18FN3O2/c1-13-2-3-15(12-17(13)20)19-21-18(22-25-19)14-4-6-16(7-5-14)23-8-10-24-11-9-23/h2-7,12H,8-11H2,1H3. The highest BCUT2D eigenvalue weighted by Gasteiger charge is 2.14. The Balaban J connectivity index is 1.56. The van der Waals surface area contributed by atoms with Crippen LogP contribution in [0.15, 0.2) is 47.0 Å². The molecule has 1 aliphatic rings. The van der Waals surface area contributed by atoms with E-state index in [9.17, 15) is 4.39 Å². The third kappa shape index (κ3) is 3.25. The van der Waals surface area contributed by atoms with Gasteiger partial charge in [-0.05, 0) is 48.9 Å². The molecule has 3 aromatic rings. The number of benzene rings is 2. The van der Waals surface area contributed by atoms with Crippen molar-refractivity contribution in [2.45, 2.75) is 6.92 Å². The van der Waals surface area contributed by atoms with Crippen LogP contribution < -0.4 is 4.90 Å². The van der Waals surface area contributed by atoms with E-state index < -0.39 is 0 Å². The Hall–Kier alpha value is -2.73. The van der Waals surface area contributed by atoms with Crippen LogP contribution in [-0.4, -0.2) is 36.4 Å². The number of rotatable bonds is 3. The molecule has 0 amide bonds. The van der Waals surface area contributed by atoms with Crippen LogP contribution in [-0.2, 0) is 4.74 Å². The van der Waals surface area contributed by atoms with Gasteiger partial charge in [-0.3, -0.25) is 0 Å². The van der Waals surface area contributed by atoms with Gasteiger partial charge in [0.25, 0.3) is 5.89 Å². The molecule has 0 aliphatic carbocycles. The topological polar surface area (TPSA) is 51.4 Å². The van der Waals surface area contributed by atoms with Crippen LogP contribution in [0.25, 0.3) is 22.8 Å². The molecular weight excluding hydrogens is 321 g/mol. The Kier molecular flexibility index (Phi) is 4.19. The second-order valence-corrected chi connectivity index (χ2v) is 6.03. The van der Waals surface area contributed by atoms with Gasteiger partial charge in [0, 0.05) is 29.9 Å². The third-order valence-corrected chi connectivity index (χ3v) is 4.35. The lowest BCUT2D eigenvalue weighted by Crippen LogP contribution is -2.36. The molecule has 0 radical (unpaired) electrons. The number of hydrogen-bond acceptors (Lipinski definition) is 5. The molecule has 128 valence electrons. The van der Waals surface area contributed by atoms with E-state index >= 15 is 0 Å². The molecule has 1 aliphatic heterocycles. The van der Waals surface area contributed by atoms with Crippen LogP contribution in [0.4, 0.5) is 10.1 Å². The number of nitrogens with zero attached hydrogens (tertiary/aromatic N) is 3. The molecule has 1 fully saturated rings. The van der Waals surface area contributed by atoms with E-state index in [0.717, 1.165) is 37.6 Å². The molecule has 0 bridgehead atoms. The van der Waals surface area contributed by atoms with Crippen LogP contribution in [0, 0.1) is 12.7 Å². The maximum Gasteiger partial charge on any atom is 0.258 e. The second-order valence-electron chi connectivity index (χ2n) is 6.03. The third-order valence-electron chi connectivity index (χ3n) is 4.35. The van der Waals surface area contributed by atoms with E-state index in [1.54, 1.807) is 19.1 Å². The molecule has 0 N–H and O–H groups in total. The van der Waals surface area contributed by atoms with Crippen molar-refractivity contribution in [2.24, 2.45) is 0 Å². The number of aromatic nitrogens is 2. The van der Waals surface area contributed by atoms with Crippen molar-refractivity contribution in [3.05, 3.63) is 53.8 Å². The number of hydrogen-bond donors (Lipinski definition) is 0. The molecule has 6 heteroatoms. The van der Waals surface area contributed by atoms with Crippen molar-refractivity contribution in [3.8, 4) is 22.8 Å². The Bertz CT molecular complexity index is 871. The zero-order chi connectivity index (χ0) is 17.2. The van der Waals surface area contributed by atoms with Crippen LogP contribution >= 0.6 is 0 Å². The average Bonchev–Trinajstić information content (AvgIpc) is 3.15. The Morgan fingerprint density at radius 1 is 1.00 bits per heavy atom. The normalized spacial score (nSPS) is 14.7. The summed E-state index contributed by atoms with van der Waals surface area (Å²) in [4.78, 5) is 6.67. The molecule has 5 nitrogen and oxygen atoms in total. The Morgan fingerprint density at radius 3 is 2.44 bits per heavy atom. The van der Waals surface area contributed by atoms with Gasteiger partial charge >= 0.3 is 0 Å². The van der Waals surface area contributed by atoms with Gasteiger partial charge in [0.05, 0.1) is 13.2 Å². The maximum atomic E-state index is 13.7. The first kappa shape index (κ1) is 15.8. The minimum Gasteiger partial charge on any atom is -0.378 e. The molecule has 4 rings (SSSR count). The lowest BCUT2D eigenvalue weighted by molar-refractivity contribution is 0.122. The summed E-state index contributed by atoms with van der Waals surface area (Å²) < 4.78 is 24.4. The predicted molar refractivity (Wildman–Crippen MR) is 92.9 cm³/mol. The highest BCUT2D eigenvalue weighted by Crippen LogP contribution is 2.25. The van der Waals surface area contributed by atoms with E-state index in [-0.39, 0.29) is 5.82 Å². The van der Waals surface area contributed by atoms with E-state index in [4.69, 9.17) is 9.26 Å². The van der Waals surface area contributed by atoms with E-state index in [0.29, 0.717) is 22.8 Å². The van der Waals surface area contributed by atoms with Crippen LogP contribution in [0.1, 0.15) is 5.56 Å². The fraction of sp³-hybridized carbons (Fsp3) is 0.263. The summed E-state index contributed by atoms with van der Waals surface area (Å²) in [5.41, 5.74) is 3.17. The van der Waals surface area contributed by atoms with Gasteiger partial charge in [-0.25, -0.2) is 4.39 Å². The van der Waals surface area contributed by atoms with Gasteiger partial charge in [0.15, 0.2) is 0 Å². The molecule has 1 aromatic heterocycles. The van der Waals surface area contributed by atoms with E-state index in [1.807, 2.05) is 24.3 Å². The van der Waals surface area contributed by atoms with Crippen molar-refractivity contribution in [2.75, 3.05) is 31.2 Å². The predicted octanol–water partition coefficient (Wildman–Crippen LogP) is 3.69. The first-order valence-electron chi connectivity index (χ1n) is 8.24. The van der Waals surface area contributed by atoms with Crippen LogP contribution in [0.5, 0.6) is 0 Å². The fourth-order valence-electron chi connectivity index (χ4n) is 2.83. The van der Waals surface area contributed by atoms with Crippen molar-refractivity contribution in [1.82, 2.24) is 10.1 Å². The minimum absolute atomic E-state index is 0.285. The highest BCUT2D eigenvalue weighted by atomic mass is 19.1. The van der Waals surface area contributed by atoms with E-state index in [1.165, 1.54) is 6.07 Å². The monoisotopic (exact) mass is 339 g/mol. The molecule has 0 saturated carbocycles. The van der Waals surface area contributed by atoms with Gasteiger partial charge in [-0.2, -0.15) is 4.98 Å². The van der Waals surface area contributed by atoms with Gasteiger partial charge in [0.2, 0.25) is 5.82 Å². The number of anilines is 1. The van der Waals surface area contributed by atoms with Gasteiger partial charge in [0.1, 0.15) is 5.82 Å². The molecule has 25 heavy (non-hydrogen) atoms. The zero-order valence-electron chi connectivity index (χ0n) is 13.9. The molecular formula is C19H18FN3O2. The maximum absolute atomic E-state index is 13.7. The summed E-state index contributed by atoms with van der Waals surface area (Å²) in [6.07, 6.45) is 0. The summed E-state index contributed by atoms with van der Waals surface area (Å²) in [6, 6.07) is 12.9. The van der Waals surface area contributed by atoms with Gasteiger partial charge in [-0.15, -0.1) is 0 Å². The lowest BCUT2D eigenvalue weighted by Gasteiger charge is -2.28. The first-order valence-corrected chi connectivity index (χ1v) is 8.24. The quantitative estimate of drug-likeness (QED) is 0.728. The SMILES string of the molecule is Cc1ccc(-c2nc(-c3ccc(N4CCOCC4)cc3)no2)cc1F. The van der Waals surface area contributed by atoms with Crippen molar-refractivity contribution in [3.63, 3.8) is 0 Å². The lowest BCUT2D eigenvalue weighted by atomic mass is 10.1. The summed E-state index contributed by atoms with van der Waals surface area (Å²) >= 11 is 0. The van der Waals surface area contributed by atoms with Crippen molar-refractivity contribution >= 4 is 5.69 Å². The number of aryl methyl sites for hydroxylation is 1.